The van der Waals surface area contributed by atoms with Gasteiger partial charge in [-0.15, -0.1) is 0 Å². The lowest BCUT2D eigenvalue weighted by Crippen LogP contribution is -2.39. The number of amides is 1. The van der Waals surface area contributed by atoms with E-state index < -0.39 is 34.5 Å². The molecule has 8 nitrogen and oxygen atoms in total. The van der Waals surface area contributed by atoms with E-state index in [1.807, 2.05) is 6.07 Å². The van der Waals surface area contributed by atoms with Crippen LogP contribution in [0.15, 0.2) is 59.5 Å². The molecule has 0 aliphatic carbocycles. The second-order valence-corrected chi connectivity index (χ2v) is 7.53. The monoisotopic (exact) mass is 401 g/mol. The van der Waals surface area contributed by atoms with E-state index in [1.165, 1.54) is 36.1 Å². The Balaban J connectivity index is 1.96. The van der Waals surface area contributed by atoms with Crippen LogP contribution in [0.2, 0.25) is 0 Å². The zero-order chi connectivity index (χ0) is 20.7. The van der Waals surface area contributed by atoms with E-state index in [1.54, 1.807) is 37.4 Å². The molecular weight excluding hydrogens is 382 g/mol. The van der Waals surface area contributed by atoms with Gasteiger partial charge in [-0.3, -0.25) is 9.59 Å². The molecule has 0 spiro atoms. The minimum absolute atomic E-state index is 0.0450. The number of para-hydroxylation sites is 1. The van der Waals surface area contributed by atoms with Crippen molar-refractivity contribution in [2.75, 3.05) is 18.5 Å². The molecule has 0 fully saturated rings. The molecule has 0 heterocycles. The second-order valence-electron chi connectivity index (χ2n) is 5.80. The smallest absolute Gasteiger partial charge is 0.321 e. The number of sulfonamides is 1. The topological polar surface area (TPSA) is 117 Å². The van der Waals surface area contributed by atoms with Crippen molar-refractivity contribution in [1.29, 1.82) is 5.26 Å². The van der Waals surface area contributed by atoms with Crippen LogP contribution in [-0.2, 0) is 24.3 Å². The van der Waals surface area contributed by atoms with Crippen LogP contribution in [0, 0.1) is 11.3 Å². The predicted molar refractivity (Wildman–Crippen MR) is 102 cm³/mol. The molecule has 2 rings (SSSR count). The summed E-state index contributed by atoms with van der Waals surface area (Å²) in [5.41, 5.74) is 0.584. The first-order valence-corrected chi connectivity index (χ1v) is 9.75. The number of likely N-dealkylation sites (N-methyl/N-ethyl adjacent to an activating group) is 1. The van der Waals surface area contributed by atoms with Crippen molar-refractivity contribution in [3.63, 3.8) is 0 Å². The third-order valence-electron chi connectivity index (χ3n) is 3.83. The van der Waals surface area contributed by atoms with Crippen LogP contribution in [-0.4, -0.2) is 40.0 Å². The molecule has 1 N–H and O–H groups in total. The van der Waals surface area contributed by atoms with Gasteiger partial charge in [-0.1, -0.05) is 30.3 Å². The predicted octanol–water partition coefficient (Wildman–Crippen LogP) is 1.43. The number of hydrogen-bond donors (Lipinski definition) is 1. The highest BCUT2D eigenvalue weighted by molar-refractivity contribution is 7.89. The van der Waals surface area contributed by atoms with Gasteiger partial charge < -0.3 is 9.64 Å². The van der Waals surface area contributed by atoms with E-state index in [-0.39, 0.29) is 10.5 Å². The van der Waals surface area contributed by atoms with Gasteiger partial charge in [0.2, 0.25) is 10.0 Å². The Morgan fingerprint density at radius 3 is 2.39 bits per heavy atom. The summed E-state index contributed by atoms with van der Waals surface area (Å²) >= 11 is 0. The Hall–Kier alpha value is -3.22. The van der Waals surface area contributed by atoms with E-state index in [0.717, 1.165) is 0 Å². The maximum Gasteiger partial charge on any atom is 0.321 e. The number of esters is 1. The summed E-state index contributed by atoms with van der Waals surface area (Å²) in [6.07, 6.45) is -1.10. The zero-order valence-electron chi connectivity index (χ0n) is 15.3. The SMILES string of the molecule is C[C@H](OC(=O)CNS(=O)(=O)c1ccccc1C#N)C(=O)N(C)c1ccccc1. The van der Waals surface area contributed by atoms with Gasteiger partial charge in [0, 0.05) is 12.7 Å². The maximum absolute atomic E-state index is 12.4. The van der Waals surface area contributed by atoms with Crippen LogP contribution in [0.1, 0.15) is 12.5 Å². The first-order valence-electron chi connectivity index (χ1n) is 8.27. The number of hydrogen-bond acceptors (Lipinski definition) is 6. The molecule has 0 aliphatic heterocycles. The number of carbonyl (C=O) groups excluding carboxylic acids is 2. The Morgan fingerprint density at radius 2 is 1.75 bits per heavy atom. The molecule has 0 aromatic heterocycles. The van der Waals surface area contributed by atoms with Crippen LogP contribution in [0.3, 0.4) is 0 Å². The lowest BCUT2D eigenvalue weighted by atomic mass is 10.2. The van der Waals surface area contributed by atoms with Crippen LogP contribution in [0.4, 0.5) is 5.69 Å². The van der Waals surface area contributed by atoms with Crippen molar-refractivity contribution in [2.24, 2.45) is 0 Å². The molecule has 28 heavy (non-hydrogen) atoms. The number of rotatable bonds is 7. The van der Waals surface area contributed by atoms with Gasteiger partial charge >= 0.3 is 5.97 Å². The number of anilines is 1. The Bertz CT molecular complexity index is 1000. The van der Waals surface area contributed by atoms with Gasteiger partial charge in [-0.25, -0.2) is 8.42 Å². The third kappa shape index (κ3) is 5.16. The number of nitrogens with zero attached hydrogens (tertiary/aromatic N) is 2. The molecule has 9 heteroatoms. The Kier molecular flexibility index (Phi) is 6.87. The summed E-state index contributed by atoms with van der Waals surface area (Å²) in [4.78, 5) is 25.4. The van der Waals surface area contributed by atoms with Crippen molar-refractivity contribution in [3.05, 3.63) is 60.2 Å². The highest BCUT2D eigenvalue weighted by atomic mass is 32.2. The summed E-state index contributed by atoms with van der Waals surface area (Å²) < 4.78 is 31.7. The van der Waals surface area contributed by atoms with Crippen molar-refractivity contribution in [2.45, 2.75) is 17.9 Å². The molecule has 146 valence electrons. The largest absolute Gasteiger partial charge is 0.452 e. The minimum atomic E-state index is -4.08. The average Bonchev–Trinajstić information content (AvgIpc) is 2.71. The highest BCUT2D eigenvalue weighted by Gasteiger charge is 2.24. The van der Waals surface area contributed by atoms with Gasteiger partial charge in [0.05, 0.1) is 10.5 Å². The van der Waals surface area contributed by atoms with Gasteiger partial charge in [-0.2, -0.15) is 9.98 Å². The zero-order valence-corrected chi connectivity index (χ0v) is 16.1. The van der Waals surface area contributed by atoms with E-state index in [2.05, 4.69) is 4.72 Å². The molecule has 2 aromatic carbocycles. The van der Waals surface area contributed by atoms with E-state index in [9.17, 15) is 18.0 Å². The summed E-state index contributed by atoms with van der Waals surface area (Å²) in [5.74, 6) is -1.38. The summed E-state index contributed by atoms with van der Waals surface area (Å²) in [7, 11) is -2.54. The molecule has 0 bridgehead atoms. The molecular formula is C19H19N3O5S. The second kappa shape index (κ2) is 9.12. The van der Waals surface area contributed by atoms with E-state index in [0.29, 0.717) is 5.69 Å². The number of carbonyl (C=O) groups is 2. The number of ether oxygens (including phenoxy) is 1. The average molecular weight is 401 g/mol. The van der Waals surface area contributed by atoms with Gasteiger partial charge in [0.1, 0.15) is 12.6 Å². The fraction of sp³-hybridized carbons (Fsp3) is 0.211. The van der Waals surface area contributed by atoms with Gasteiger partial charge in [0.25, 0.3) is 5.91 Å². The van der Waals surface area contributed by atoms with Crippen LogP contribution in [0.25, 0.3) is 0 Å². The van der Waals surface area contributed by atoms with Crippen LogP contribution >= 0.6 is 0 Å². The summed E-state index contributed by atoms with van der Waals surface area (Å²) in [6.45, 7) is 0.730. The lowest BCUT2D eigenvalue weighted by molar-refractivity contribution is -0.152. The summed E-state index contributed by atoms with van der Waals surface area (Å²) in [6, 6.07) is 16.2. The quantitative estimate of drug-likeness (QED) is 0.702. The standard InChI is InChI=1S/C19H19N3O5S/c1-14(19(24)22(2)16-9-4-3-5-10-16)27-18(23)13-21-28(25,26)17-11-7-6-8-15(17)12-20/h3-11,14,21H,13H2,1-2H3/t14-/m0/s1. The molecule has 1 amide bonds. The fourth-order valence-electron chi connectivity index (χ4n) is 2.37. The summed E-state index contributed by atoms with van der Waals surface area (Å²) in [5, 5.41) is 9.01. The molecule has 0 saturated heterocycles. The molecule has 0 radical (unpaired) electrons. The van der Waals surface area contributed by atoms with Crippen molar-refractivity contribution in [3.8, 4) is 6.07 Å². The van der Waals surface area contributed by atoms with Crippen LogP contribution in [0.5, 0.6) is 0 Å². The normalized spacial score (nSPS) is 11.9. The van der Waals surface area contributed by atoms with Gasteiger partial charge in [0.15, 0.2) is 6.10 Å². The van der Waals surface area contributed by atoms with E-state index in [4.69, 9.17) is 10.00 Å². The number of nitrogens with one attached hydrogen (secondary N) is 1. The first kappa shape index (κ1) is 21.1. The molecule has 0 unspecified atom stereocenters. The Morgan fingerprint density at radius 1 is 1.14 bits per heavy atom. The lowest BCUT2D eigenvalue weighted by Gasteiger charge is -2.21. The van der Waals surface area contributed by atoms with Crippen LogP contribution < -0.4 is 9.62 Å². The maximum atomic E-state index is 12.4. The van der Waals surface area contributed by atoms with Crippen molar-refractivity contribution >= 4 is 27.6 Å². The number of benzene rings is 2. The molecule has 1 atom stereocenters. The number of nitriles is 1. The Labute approximate surface area is 163 Å². The minimum Gasteiger partial charge on any atom is -0.452 e. The first-order chi connectivity index (χ1) is 13.3. The fourth-order valence-corrected chi connectivity index (χ4v) is 3.49. The molecule has 0 aliphatic rings. The highest BCUT2D eigenvalue weighted by Crippen LogP contribution is 2.15. The van der Waals surface area contributed by atoms with Crippen molar-refractivity contribution < 1.29 is 22.7 Å². The van der Waals surface area contributed by atoms with Gasteiger partial charge in [-0.05, 0) is 31.2 Å². The molecule has 2 aromatic rings. The van der Waals surface area contributed by atoms with Crippen molar-refractivity contribution in [1.82, 2.24) is 4.72 Å². The third-order valence-corrected chi connectivity index (χ3v) is 5.29. The van der Waals surface area contributed by atoms with E-state index >= 15 is 0 Å². The molecule has 0 saturated carbocycles.